The highest BCUT2D eigenvalue weighted by Crippen LogP contribution is 2.07. The van der Waals surface area contributed by atoms with Gasteiger partial charge in [-0.3, -0.25) is 0 Å². The Bertz CT molecular complexity index is 615. The number of carbonyl (C=O) groups excluding carboxylic acids is 1. The van der Waals surface area contributed by atoms with Crippen LogP contribution in [0.5, 0.6) is 0 Å². The largest absolute Gasteiger partial charge is 0.391 e. The zero-order chi connectivity index (χ0) is 16.7. The second-order valence-corrected chi connectivity index (χ2v) is 5.49. The quantitative estimate of drug-likeness (QED) is 0.721. The van der Waals surface area contributed by atoms with Gasteiger partial charge in [-0.1, -0.05) is 20.3 Å². The van der Waals surface area contributed by atoms with Crippen molar-refractivity contribution in [3.05, 3.63) is 42.4 Å². The molecule has 0 aliphatic rings. The number of nitrogens with one attached hydrogen (secondary N) is 2. The predicted octanol–water partition coefficient (Wildman–Crippen LogP) is 1.47. The number of urea groups is 1. The molecule has 0 aromatic carbocycles. The molecule has 23 heavy (non-hydrogen) atoms. The zero-order valence-corrected chi connectivity index (χ0v) is 13.4. The Morgan fingerprint density at radius 3 is 2.91 bits per heavy atom. The van der Waals surface area contributed by atoms with Gasteiger partial charge in [0, 0.05) is 31.7 Å². The number of amides is 2. The van der Waals surface area contributed by atoms with Gasteiger partial charge in [0.1, 0.15) is 0 Å². The fourth-order valence-corrected chi connectivity index (χ4v) is 2.02. The molecule has 0 fully saturated rings. The summed E-state index contributed by atoms with van der Waals surface area (Å²) in [5.41, 5.74) is 0.920. The smallest absolute Gasteiger partial charge is 0.315 e. The number of carbonyl (C=O) groups is 1. The topological polar surface area (TPSA) is 92.1 Å². The highest BCUT2D eigenvalue weighted by Gasteiger charge is 2.13. The number of aliphatic hydroxyl groups excluding tert-OH is 1. The first-order valence-electron chi connectivity index (χ1n) is 7.75. The molecule has 7 heteroatoms. The van der Waals surface area contributed by atoms with Crippen LogP contribution in [0.1, 0.15) is 25.8 Å². The normalized spacial score (nSPS) is 13.3. The molecular formula is C16H23N5O2. The Kier molecular flexibility index (Phi) is 6.10. The summed E-state index contributed by atoms with van der Waals surface area (Å²) in [5, 5.41) is 19.4. The van der Waals surface area contributed by atoms with Gasteiger partial charge in [-0.15, -0.1) is 0 Å². The maximum Gasteiger partial charge on any atom is 0.315 e. The van der Waals surface area contributed by atoms with Gasteiger partial charge >= 0.3 is 6.03 Å². The van der Waals surface area contributed by atoms with Crippen LogP contribution in [0.2, 0.25) is 0 Å². The molecule has 2 unspecified atom stereocenters. The molecule has 2 aromatic heterocycles. The number of hydrogen-bond acceptors (Lipinski definition) is 4. The van der Waals surface area contributed by atoms with Crippen LogP contribution in [0.3, 0.4) is 0 Å². The monoisotopic (exact) mass is 317 g/mol. The van der Waals surface area contributed by atoms with Crippen LogP contribution >= 0.6 is 0 Å². The first-order chi connectivity index (χ1) is 11.1. The van der Waals surface area contributed by atoms with Crippen molar-refractivity contribution >= 4 is 6.03 Å². The standard InChI is InChI=1S/C16H23N5O2/c1-3-12(2)14(22)11-19-16(23)18-10-13-5-7-17-15(9-13)21-8-4-6-20-21/h4-9,12,14,22H,3,10-11H2,1-2H3,(H2,18,19,23). The lowest BCUT2D eigenvalue weighted by Gasteiger charge is -2.17. The zero-order valence-electron chi connectivity index (χ0n) is 13.4. The van der Waals surface area contributed by atoms with Crippen LogP contribution in [0, 0.1) is 5.92 Å². The molecule has 2 rings (SSSR count). The SMILES string of the molecule is CCC(C)C(O)CNC(=O)NCc1ccnc(-n2cccn2)c1. The number of hydrogen-bond donors (Lipinski definition) is 3. The summed E-state index contributed by atoms with van der Waals surface area (Å²) in [6.07, 6.45) is 5.51. The summed E-state index contributed by atoms with van der Waals surface area (Å²) >= 11 is 0. The fraction of sp³-hybridized carbons (Fsp3) is 0.438. The maximum atomic E-state index is 11.8. The molecule has 0 aliphatic carbocycles. The number of aliphatic hydroxyl groups is 1. The molecule has 124 valence electrons. The first kappa shape index (κ1) is 17.0. The third-order valence-corrected chi connectivity index (χ3v) is 3.77. The molecular weight excluding hydrogens is 294 g/mol. The lowest BCUT2D eigenvalue weighted by atomic mass is 10.0. The molecule has 2 amide bonds. The lowest BCUT2D eigenvalue weighted by Crippen LogP contribution is -2.41. The first-order valence-corrected chi connectivity index (χ1v) is 7.75. The van der Waals surface area contributed by atoms with Crippen molar-refractivity contribution in [2.75, 3.05) is 6.54 Å². The van der Waals surface area contributed by atoms with Crippen LogP contribution < -0.4 is 10.6 Å². The molecule has 0 spiro atoms. The van der Waals surface area contributed by atoms with E-state index in [-0.39, 0.29) is 18.5 Å². The highest BCUT2D eigenvalue weighted by molar-refractivity contribution is 5.73. The Morgan fingerprint density at radius 2 is 2.22 bits per heavy atom. The molecule has 0 saturated heterocycles. The second kappa shape index (κ2) is 8.28. The summed E-state index contributed by atoms with van der Waals surface area (Å²) in [5.74, 6) is 0.856. The molecule has 7 nitrogen and oxygen atoms in total. The third-order valence-electron chi connectivity index (χ3n) is 3.77. The van der Waals surface area contributed by atoms with E-state index in [9.17, 15) is 9.90 Å². The van der Waals surface area contributed by atoms with Gasteiger partial charge in [0.15, 0.2) is 5.82 Å². The van der Waals surface area contributed by atoms with E-state index < -0.39 is 6.10 Å². The average Bonchev–Trinajstić information content (AvgIpc) is 3.12. The molecule has 2 atom stereocenters. The van der Waals surface area contributed by atoms with Gasteiger partial charge in [0.2, 0.25) is 0 Å². The van der Waals surface area contributed by atoms with E-state index in [1.807, 2.05) is 38.2 Å². The lowest BCUT2D eigenvalue weighted by molar-refractivity contribution is 0.114. The Labute approximate surface area is 135 Å². The van der Waals surface area contributed by atoms with E-state index in [4.69, 9.17) is 0 Å². The van der Waals surface area contributed by atoms with Crippen LogP contribution in [0.4, 0.5) is 4.79 Å². The molecule has 0 radical (unpaired) electrons. The Morgan fingerprint density at radius 1 is 1.39 bits per heavy atom. The van der Waals surface area contributed by atoms with Gasteiger partial charge in [-0.25, -0.2) is 14.5 Å². The summed E-state index contributed by atoms with van der Waals surface area (Å²) in [7, 11) is 0. The van der Waals surface area contributed by atoms with E-state index in [0.29, 0.717) is 12.4 Å². The van der Waals surface area contributed by atoms with Crippen LogP contribution in [0.15, 0.2) is 36.8 Å². The predicted molar refractivity (Wildman–Crippen MR) is 87.1 cm³/mol. The summed E-state index contributed by atoms with van der Waals surface area (Å²) in [4.78, 5) is 16.0. The maximum absolute atomic E-state index is 11.8. The number of pyridine rings is 1. The van der Waals surface area contributed by atoms with Gasteiger partial charge in [0.05, 0.1) is 6.10 Å². The molecule has 0 bridgehead atoms. The third kappa shape index (κ3) is 5.07. The van der Waals surface area contributed by atoms with Crippen molar-refractivity contribution in [2.24, 2.45) is 5.92 Å². The fourth-order valence-electron chi connectivity index (χ4n) is 2.02. The van der Waals surface area contributed by atoms with Gasteiger partial charge in [-0.05, 0) is 29.7 Å². The van der Waals surface area contributed by atoms with E-state index in [1.165, 1.54) is 0 Å². The number of nitrogens with zero attached hydrogens (tertiary/aromatic N) is 3. The molecule has 2 heterocycles. The van der Waals surface area contributed by atoms with Crippen molar-refractivity contribution in [3.63, 3.8) is 0 Å². The van der Waals surface area contributed by atoms with Crippen molar-refractivity contribution in [2.45, 2.75) is 32.9 Å². The van der Waals surface area contributed by atoms with Crippen LogP contribution in [-0.4, -0.2) is 38.6 Å². The summed E-state index contributed by atoms with van der Waals surface area (Å²) in [6.45, 7) is 4.59. The minimum absolute atomic E-state index is 0.159. The van der Waals surface area contributed by atoms with Crippen molar-refractivity contribution < 1.29 is 9.90 Å². The van der Waals surface area contributed by atoms with E-state index in [2.05, 4.69) is 20.7 Å². The Balaban J connectivity index is 1.82. The van der Waals surface area contributed by atoms with Crippen LogP contribution in [0.25, 0.3) is 5.82 Å². The minimum Gasteiger partial charge on any atom is -0.391 e. The van der Waals surface area contributed by atoms with Gasteiger partial charge in [-0.2, -0.15) is 5.10 Å². The van der Waals surface area contributed by atoms with Crippen molar-refractivity contribution in [1.82, 2.24) is 25.4 Å². The Hall–Kier alpha value is -2.41. The molecule has 0 saturated carbocycles. The summed E-state index contributed by atoms with van der Waals surface area (Å²) < 4.78 is 1.66. The van der Waals surface area contributed by atoms with E-state index in [0.717, 1.165) is 12.0 Å². The van der Waals surface area contributed by atoms with E-state index >= 15 is 0 Å². The average molecular weight is 317 g/mol. The molecule has 3 N–H and O–H groups in total. The van der Waals surface area contributed by atoms with Gasteiger partial charge < -0.3 is 15.7 Å². The second-order valence-electron chi connectivity index (χ2n) is 5.49. The van der Waals surface area contributed by atoms with Crippen molar-refractivity contribution in [3.8, 4) is 5.82 Å². The molecule has 0 aliphatic heterocycles. The minimum atomic E-state index is -0.530. The highest BCUT2D eigenvalue weighted by atomic mass is 16.3. The van der Waals surface area contributed by atoms with Crippen LogP contribution in [-0.2, 0) is 6.54 Å². The summed E-state index contributed by atoms with van der Waals surface area (Å²) in [6, 6.07) is 5.22. The van der Waals surface area contributed by atoms with Gasteiger partial charge in [0.25, 0.3) is 0 Å². The molecule has 2 aromatic rings. The number of rotatable bonds is 7. The number of aromatic nitrogens is 3. The van der Waals surface area contributed by atoms with E-state index in [1.54, 1.807) is 17.1 Å². The van der Waals surface area contributed by atoms with Crippen molar-refractivity contribution in [1.29, 1.82) is 0 Å².